The normalized spacial score (nSPS) is 30.8. The van der Waals surface area contributed by atoms with E-state index in [0.717, 1.165) is 30.4 Å². The first-order valence-corrected chi connectivity index (χ1v) is 7.90. The third-order valence-electron chi connectivity index (χ3n) is 2.92. The number of hydrogen-bond donors (Lipinski definition) is 1. The molecule has 0 aromatic carbocycles. The highest BCUT2D eigenvalue weighted by molar-refractivity contribution is 8.06. The van der Waals surface area contributed by atoms with Crippen LogP contribution in [-0.4, -0.2) is 33.9 Å². The van der Waals surface area contributed by atoms with Gasteiger partial charge >= 0.3 is 0 Å². The maximum absolute atomic E-state index is 5.36. The molecule has 1 aromatic heterocycles. The third kappa shape index (κ3) is 2.24. The van der Waals surface area contributed by atoms with Crippen molar-refractivity contribution in [3.8, 4) is 0 Å². The standard InChI is InChI=1S/C10H15N3OS2/c1-2-7(11-3-1)10-12-9(13-14-10)8-6-15-4-5-16-8/h7-8,11H,1-6H2. The van der Waals surface area contributed by atoms with Crippen LogP contribution < -0.4 is 5.32 Å². The Kier molecular flexibility index (Phi) is 3.40. The van der Waals surface area contributed by atoms with E-state index in [9.17, 15) is 0 Å². The highest BCUT2D eigenvalue weighted by Gasteiger charge is 2.26. The summed E-state index contributed by atoms with van der Waals surface area (Å²) < 4.78 is 5.36. The molecule has 16 heavy (non-hydrogen) atoms. The molecule has 2 atom stereocenters. The maximum Gasteiger partial charge on any atom is 0.243 e. The Morgan fingerprint density at radius 2 is 2.38 bits per heavy atom. The molecule has 88 valence electrons. The van der Waals surface area contributed by atoms with Gasteiger partial charge in [-0.05, 0) is 19.4 Å². The van der Waals surface area contributed by atoms with Crippen LogP contribution in [-0.2, 0) is 0 Å². The van der Waals surface area contributed by atoms with Crippen molar-refractivity contribution >= 4 is 23.5 Å². The van der Waals surface area contributed by atoms with Crippen molar-refractivity contribution < 1.29 is 4.52 Å². The summed E-state index contributed by atoms with van der Waals surface area (Å²) in [6.45, 7) is 1.07. The molecule has 1 aromatic rings. The van der Waals surface area contributed by atoms with Crippen LogP contribution in [0.15, 0.2) is 4.52 Å². The van der Waals surface area contributed by atoms with Gasteiger partial charge in [-0.1, -0.05) is 5.16 Å². The van der Waals surface area contributed by atoms with Crippen molar-refractivity contribution in [2.75, 3.05) is 23.8 Å². The first-order chi connectivity index (χ1) is 7.93. The first kappa shape index (κ1) is 10.9. The molecule has 0 spiro atoms. The summed E-state index contributed by atoms with van der Waals surface area (Å²) >= 11 is 3.93. The number of hydrogen-bond acceptors (Lipinski definition) is 6. The van der Waals surface area contributed by atoms with Gasteiger partial charge in [0, 0.05) is 17.3 Å². The molecule has 3 heterocycles. The summed E-state index contributed by atoms with van der Waals surface area (Å²) in [5, 5.41) is 7.93. The van der Waals surface area contributed by atoms with Crippen LogP contribution in [0.5, 0.6) is 0 Å². The summed E-state index contributed by atoms with van der Waals surface area (Å²) in [5.74, 6) is 5.23. The monoisotopic (exact) mass is 257 g/mol. The molecule has 6 heteroatoms. The van der Waals surface area contributed by atoms with E-state index in [4.69, 9.17) is 4.52 Å². The molecule has 0 saturated carbocycles. The fourth-order valence-electron chi connectivity index (χ4n) is 2.05. The lowest BCUT2D eigenvalue weighted by molar-refractivity contribution is 0.341. The maximum atomic E-state index is 5.36. The molecule has 0 radical (unpaired) electrons. The fraction of sp³-hybridized carbons (Fsp3) is 0.800. The predicted octanol–water partition coefficient (Wildman–Crippen LogP) is 2.02. The molecule has 1 N–H and O–H groups in total. The molecule has 2 unspecified atom stereocenters. The molecule has 0 bridgehead atoms. The Hall–Kier alpha value is -0.200. The lowest BCUT2D eigenvalue weighted by Crippen LogP contribution is -2.13. The Morgan fingerprint density at radius 1 is 1.38 bits per heavy atom. The summed E-state index contributed by atoms with van der Waals surface area (Å²) in [6.07, 6.45) is 2.32. The van der Waals surface area contributed by atoms with E-state index in [0.29, 0.717) is 11.3 Å². The van der Waals surface area contributed by atoms with Gasteiger partial charge in [0.05, 0.1) is 11.3 Å². The van der Waals surface area contributed by atoms with Crippen LogP contribution in [0.4, 0.5) is 0 Å². The summed E-state index contributed by atoms with van der Waals surface area (Å²) in [7, 11) is 0. The minimum absolute atomic E-state index is 0.294. The minimum atomic E-state index is 0.294. The van der Waals surface area contributed by atoms with E-state index in [2.05, 4.69) is 15.5 Å². The van der Waals surface area contributed by atoms with E-state index < -0.39 is 0 Å². The quantitative estimate of drug-likeness (QED) is 0.874. The second kappa shape index (κ2) is 4.98. The number of nitrogens with one attached hydrogen (secondary N) is 1. The molecular formula is C10H15N3OS2. The molecule has 2 fully saturated rings. The molecule has 2 aliphatic heterocycles. The zero-order chi connectivity index (χ0) is 10.8. The zero-order valence-electron chi connectivity index (χ0n) is 9.02. The van der Waals surface area contributed by atoms with Gasteiger partial charge in [0.25, 0.3) is 0 Å². The van der Waals surface area contributed by atoms with Crippen LogP contribution in [0.1, 0.15) is 35.8 Å². The van der Waals surface area contributed by atoms with Gasteiger partial charge in [-0.25, -0.2) is 0 Å². The number of aromatic nitrogens is 2. The van der Waals surface area contributed by atoms with Crippen LogP contribution in [0.2, 0.25) is 0 Å². The largest absolute Gasteiger partial charge is 0.338 e. The van der Waals surface area contributed by atoms with Gasteiger partial charge in [-0.15, -0.1) is 11.8 Å². The van der Waals surface area contributed by atoms with E-state index >= 15 is 0 Å². The van der Waals surface area contributed by atoms with Crippen LogP contribution in [0.3, 0.4) is 0 Å². The molecule has 4 nitrogen and oxygen atoms in total. The minimum Gasteiger partial charge on any atom is -0.338 e. The Morgan fingerprint density at radius 3 is 3.12 bits per heavy atom. The fourth-order valence-corrected chi connectivity index (χ4v) is 4.64. The van der Waals surface area contributed by atoms with Crippen molar-refractivity contribution in [2.45, 2.75) is 24.1 Å². The molecular weight excluding hydrogens is 242 g/mol. The van der Waals surface area contributed by atoms with E-state index in [-0.39, 0.29) is 0 Å². The topological polar surface area (TPSA) is 51.0 Å². The Bertz CT molecular complexity index is 346. The third-order valence-corrected chi connectivity index (χ3v) is 5.67. The van der Waals surface area contributed by atoms with Gasteiger partial charge in [-0.3, -0.25) is 0 Å². The second-order valence-corrected chi connectivity index (χ2v) is 6.53. The van der Waals surface area contributed by atoms with Crippen LogP contribution in [0.25, 0.3) is 0 Å². The summed E-state index contributed by atoms with van der Waals surface area (Å²) in [5.41, 5.74) is 0. The zero-order valence-corrected chi connectivity index (χ0v) is 10.6. The average molecular weight is 257 g/mol. The number of thioether (sulfide) groups is 2. The smallest absolute Gasteiger partial charge is 0.243 e. The Balaban J connectivity index is 1.71. The Labute approximate surface area is 103 Å². The van der Waals surface area contributed by atoms with Gasteiger partial charge in [0.1, 0.15) is 0 Å². The van der Waals surface area contributed by atoms with Crippen molar-refractivity contribution in [1.29, 1.82) is 0 Å². The van der Waals surface area contributed by atoms with Crippen LogP contribution in [0, 0.1) is 0 Å². The molecule has 2 saturated heterocycles. The first-order valence-electron chi connectivity index (χ1n) is 5.70. The van der Waals surface area contributed by atoms with Gasteiger partial charge in [0.2, 0.25) is 5.89 Å². The summed E-state index contributed by atoms with van der Waals surface area (Å²) in [6, 6.07) is 0.294. The number of rotatable bonds is 2. The lowest BCUT2D eigenvalue weighted by atomic mass is 10.2. The van der Waals surface area contributed by atoms with E-state index in [1.165, 1.54) is 17.9 Å². The van der Waals surface area contributed by atoms with Crippen molar-refractivity contribution in [3.05, 3.63) is 11.7 Å². The lowest BCUT2D eigenvalue weighted by Gasteiger charge is -2.17. The van der Waals surface area contributed by atoms with Crippen molar-refractivity contribution in [2.24, 2.45) is 0 Å². The van der Waals surface area contributed by atoms with Gasteiger partial charge < -0.3 is 9.84 Å². The van der Waals surface area contributed by atoms with Crippen molar-refractivity contribution in [3.63, 3.8) is 0 Å². The second-order valence-electron chi connectivity index (χ2n) is 4.07. The van der Waals surface area contributed by atoms with Gasteiger partial charge in [-0.2, -0.15) is 16.7 Å². The molecule has 0 aliphatic carbocycles. The van der Waals surface area contributed by atoms with Crippen molar-refractivity contribution in [1.82, 2.24) is 15.5 Å². The molecule has 0 amide bonds. The van der Waals surface area contributed by atoms with Gasteiger partial charge in [0.15, 0.2) is 5.82 Å². The van der Waals surface area contributed by atoms with E-state index in [1.807, 2.05) is 23.5 Å². The average Bonchev–Trinajstić information content (AvgIpc) is 3.01. The molecule has 3 rings (SSSR count). The van der Waals surface area contributed by atoms with Crippen LogP contribution >= 0.6 is 23.5 Å². The number of nitrogens with zero attached hydrogens (tertiary/aromatic N) is 2. The molecule has 2 aliphatic rings. The summed E-state index contributed by atoms with van der Waals surface area (Å²) in [4.78, 5) is 4.54. The van der Waals surface area contributed by atoms with E-state index in [1.54, 1.807) is 0 Å². The predicted molar refractivity (Wildman–Crippen MR) is 66.8 cm³/mol. The highest BCUT2D eigenvalue weighted by Crippen LogP contribution is 2.35. The SMILES string of the molecule is C1CNC(c2nc(C3CSCCS3)no2)C1. The highest BCUT2D eigenvalue weighted by atomic mass is 32.2.